The van der Waals surface area contributed by atoms with Gasteiger partial charge in [-0.3, -0.25) is 9.59 Å². The van der Waals surface area contributed by atoms with E-state index >= 15 is 0 Å². The predicted molar refractivity (Wildman–Crippen MR) is 114 cm³/mol. The quantitative estimate of drug-likeness (QED) is 0.630. The molecule has 0 fully saturated rings. The van der Waals surface area contributed by atoms with Crippen molar-refractivity contribution in [3.8, 4) is 0 Å². The number of carbonyl (C=O) groups excluding carboxylic acids is 2. The lowest BCUT2D eigenvalue weighted by molar-refractivity contribution is -0.140. The zero-order valence-corrected chi connectivity index (χ0v) is 17.1. The number of esters is 1. The van der Waals surface area contributed by atoms with Crippen LogP contribution in [0.4, 0.5) is 30.2 Å². The number of thioether (sulfide) groups is 1. The van der Waals surface area contributed by atoms with Crippen molar-refractivity contribution in [3.05, 3.63) is 65.9 Å². The van der Waals surface area contributed by atoms with Gasteiger partial charge in [0.25, 0.3) is 0 Å². The molecule has 0 aliphatic carbocycles. The maximum absolute atomic E-state index is 12.6. The van der Waals surface area contributed by atoms with E-state index in [1.165, 1.54) is 19.2 Å². The summed E-state index contributed by atoms with van der Waals surface area (Å²) in [5.74, 6) is -0.854. The van der Waals surface area contributed by atoms with Gasteiger partial charge in [-0.05, 0) is 42.5 Å². The minimum Gasteiger partial charge on any atom is -0.469 e. The van der Waals surface area contributed by atoms with Crippen molar-refractivity contribution in [2.24, 2.45) is 4.99 Å². The van der Waals surface area contributed by atoms with Gasteiger partial charge in [0.2, 0.25) is 5.91 Å². The summed E-state index contributed by atoms with van der Waals surface area (Å²) in [4.78, 5) is 28.5. The van der Waals surface area contributed by atoms with E-state index < -0.39 is 23.6 Å². The number of alkyl halides is 3. The molecule has 0 saturated heterocycles. The Kier molecular flexibility index (Phi) is 7.01. The van der Waals surface area contributed by atoms with Crippen LogP contribution in [0.2, 0.25) is 0 Å². The summed E-state index contributed by atoms with van der Waals surface area (Å²) in [5, 5.41) is 6.19. The molecule has 0 bridgehead atoms. The first-order valence-electron chi connectivity index (χ1n) is 9.06. The fourth-order valence-electron chi connectivity index (χ4n) is 2.66. The standard InChI is InChI=1S/C21H18F3N3O3S/c1-30-20(29)11-15-10-19(27-17-5-3-2-4-16(17)25-15)31-12-18(28)26-14-8-6-13(7-9-14)21(22,23)24/h2-10,25H,11-12H2,1H3,(H,26,28). The first-order chi connectivity index (χ1) is 14.7. The Morgan fingerprint density at radius 1 is 1.13 bits per heavy atom. The Morgan fingerprint density at radius 3 is 2.52 bits per heavy atom. The van der Waals surface area contributed by atoms with Crippen LogP contribution in [0.25, 0.3) is 0 Å². The number of methoxy groups -OCH3 is 1. The molecule has 0 radical (unpaired) electrons. The molecule has 2 aromatic carbocycles. The van der Waals surface area contributed by atoms with Crippen LogP contribution in [0.5, 0.6) is 0 Å². The highest BCUT2D eigenvalue weighted by Gasteiger charge is 2.30. The molecule has 0 saturated carbocycles. The van der Waals surface area contributed by atoms with Gasteiger partial charge in [0.15, 0.2) is 0 Å². The number of para-hydroxylation sites is 2. The van der Waals surface area contributed by atoms with E-state index in [0.29, 0.717) is 22.1 Å². The summed E-state index contributed by atoms with van der Waals surface area (Å²) in [7, 11) is 1.29. The fraction of sp³-hybridized carbons (Fsp3) is 0.190. The average Bonchev–Trinajstić information content (AvgIpc) is 2.90. The predicted octanol–water partition coefficient (Wildman–Crippen LogP) is 4.98. The van der Waals surface area contributed by atoms with Crippen molar-refractivity contribution in [2.45, 2.75) is 12.6 Å². The van der Waals surface area contributed by atoms with Crippen molar-refractivity contribution in [1.82, 2.24) is 0 Å². The Morgan fingerprint density at radius 2 is 1.84 bits per heavy atom. The minimum absolute atomic E-state index is 0.00215. The molecular formula is C21H18F3N3O3S. The summed E-state index contributed by atoms with van der Waals surface area (Å²) < 4.78 is 42.6. The highest BCUT2D eigenvalue weighted by molar-refractivity contribution is 8.14. The molecule has 3 rings (SSSR count). The third kappa shape index (κ3) is 6.35. The first kappa shape index (κ1) is 22.4. The van der Waals surface area contributed by atoms with Crippen LogP contribution in [-0.2, 0) is 20.5 Å². The van der Waals surface area contributed by atoms with Crippen molar-refractivity contribution >= 4 is 45.7 Å². The number of nitrogens with one attached hydrogen (secondary N) is 2. The van der Waals surface area contributed by atoms with E-state index in [-0.39, 0.29) is 17.9 Å². The molecule has 2 N–H and O–H groups in total. The molecule has 2 aromatic rings. The Bertz CT molecular complexity index is 1030. The molecule has 1 aliphatic heterocycles. The van der Waals surface area contributed by atoms with Gasteiger partial charge in [0.05, 0.1) is 41.3 Å². The summed E-state index contributed by atoms with van der Waals surface area (Å²) in [6.07, 6.45) is -2.77. The molecule has 10 heteroatoms. The van der Waals surface area contributed by atoms with Crippen LogP contribution in [0.3, 0.4) is 0 Å². The van der Waals surface area contributed by atoms with E-state index in [0.717, 1.165) is 23.9 Å². The molecular weight excluding hydrogens is 431 g/mol. The zero-order chi connectivity index (χ0) is 22.4. The number of hydrogen-bond acceptors (Lipinski definition) is 6. The largest absolute Gasteiger partial charge is 0.469 e. The van der Waals surface area contributed by atoms with E-state index in [2.05, 4.69) is 15.6 Å². The molecule has 1 amide bonds. The second-order valence-electron chi connectivity index (χ2n) is 6.43. The van der Waals surface area contributed by atoms with Crippen LogP contribution < -0.4 is 10.6 Å². The van der Waals surface area contributed by atoms with E-state index in [4.69, 9.17) is 4.74 Å². The molecule has 0 spiro atoms. The molecule has 0 unspecified atom stereocenters. The second kappa shape index (κ2) is 9.69. The Balaban J connectivity index is 1.68. The molecule has 162 valence electrons. The molecule has 1 aliphatic rings. The number of amides is 1. The summed E-state index contributed by atoms with van der Waals surface area (Å²) >= 11 is 1.14. The number of ether oxygens (including phenoxy) is 1. The lowest BCUT2D eigenvalue weighted by Crippen LogP contribution is -2.15. The van der Waals surface area contributed by atoms with Gasteiger partial charge in [-0.25, -0.2) is 4.99 Å². The minimum atomic E-state index is -4.44. The summed E-state index contributed by atoms with van der Waals surface area (Å²) in [6.45, 7) is 0. The Hall–Kier alpha value is -3.27. The molecule has 6 nitrogen and oxygen atoms in total. The number of hydrogen-bond donors (Lipinski definition) is 2. The SMILES string of the molecule is COC(=O)CC1=CC(SCC(=O)Nc2ccc(C(F)(F)F)cc2)=Nc2ccccc2N1. The number of halogens is 3. The number of rotatable bonds is 5. The molecule has 0 atom stereocenters. The van der Waals surface area contributed by atoms with Crippen molar-refractivity contribution in [1.29, 1.82) is 0 Å². The van der Waals surface area contributed by atoms with Gasteiger partial charge in [0, 0.05) is 11.4 Å². The lowest BCUT2D eigenvalue weighted by Gasteiger charge is -2.09. The van der Waals surface area contributed by atoms with Crippen LogP contribution >= 0.6 is 11.8 Å². The van der Waals surface area contributed by atoms with Crippen molar-refractivity contribution in [3.63, 3.8) is 0 Å². The highest BCUT2D eigenvalue weighted by atomic mass is 32.2. The van der Waals surface area contributed by atoms with Gasteiger partial charge in [0.1, 0.15) is 0 Å². The first-order valence-corrected chi connectivity index (χ1v) is 10.0. The monoisotopic (exact) mass is 449 g/mol. The van der Waals surface area contributed by atoms with Gasteiger partial charge in [-0.1, -0.05) is 23.9 Å². The average molecular weight is 449 g/mol. The zero-order valence-electron chi connectivity index (χ0n) is 16.3. The fourth-order valence-corrected chi connectivity index (χ4v) is 3.40. The number of aliphatic imine (C=N–C) groups is 1. The number of anilines is 2. The van der Waals surface area contributed by atoms with E-state index in [9.17, 15) is 22.8 Å². The third-order valence-corrected chi connectivity index (χ3v) is 5.05. The smallest absolute Gasteiger partial charge is 0.416 e. The maximum atomic E-state index is 12.6. The van der Waals surface area contributed by atoms with Crippen LogP contribution in [0.1, 0.15) is 12.0 Å². The molecule has 0 aromatic heterocycles. The van der Waals surface area contributed by atoms with Gasteiger partial charge < -0.3 is 15.4 Å². The highest BCUT2D eigenvalue weighted by Crippen LogP contribution is 2.31. The third-order valence-electron chi connectivity index (χ3n) is 4.14. The number of nitrogens with zero attached hydrogens (tertiary/aromatic N) is 1. The lowest BCUT2D eigenvalue weighted by atomic mass is 10.2. The summed E-state index contributed by atoms with van der Waals surface area (Å²) in [6, 6.07) is 11.5. The topological polar surface area (TPSA) is 79.8 Å². The van der Waals surface area contributed by atoms with E-state index in [1.807, 2.05) is 18.2 Å². The van der Waals surface area contributed by atoms with Crippen LogP contribution in [0, 0.1) is 0 Å². The number of carbonyl (C=O) groups is 2. The molecule has 1 heterocycles. The van der Waals surface area contributed by atoms with Gasteiger partial charge in [-0.2, -0.15) is 13.2 Å². The Labute approximate surface area is 180 Å². The van der Waals surface area contributed by atoms with Crippen molar-refractivity contribution < 1.29 is 27.5 Å². The summed E-state index contributed by atoms with van der Waals surface area (Å²) in [5.41, 5.74) is 1.38. The van der Waals surface area contributed by atoms with Gasteiger partial charge in [-0.15, -0.1) is 0 Å². The van der Waals surface area contributed by atoms with Gasteiger partial charge >= 0.3 is 12.1 Å². The molecule has 31 heavy (non-hydrogen) atoms. The second-order valence-corrected chi connectivity index (χ2v) is 7.42. The maximum Gasteiger partial charge on any atom is 0.416 e. The number of fused-ring (bicyclic) bond motifs is 1. The van der Waals surface area contributed by atoms with Crippen LogP contribution in [-0.4, -0.2) is 29.8 Å². The normalized spacial score (nSPS) is 13.2. The van der Waals surface area contributed by atoms with Crippen LogP contribution in [0.15, 0.2) is 65.3 Å². The number of benzene rings is 2. The van der Waals surface area contributed by atoms with E-state index in [1.54, 1.807) is 12.1 Å². The van der Waals surface area contributed by atoms with Crippen molar-refractivity contribution in [2.75, 3.05) is 23.5 Å².